The number of nitriles is 1. The maximum Gasteiger partial charge on any atom is 0.194 e. The second-order valence-electron chi connectivity index (χ2n) is 4.98. The maximum atomic E-state index is 13.8. The average molecular weight is 290 g/mol. The zero-order chi connectivity index (χ0) is 15.2. The molecule has 1 saturated heterocycles. The number of benzene rings is 1. The summed E-state index contributed by atoms with van der Waals surface area (Å²) in [6, 6.07) is 6.29. The molecule has 1 fully saturated rings. The predicted molar refractivity (Wildman–Crippen MR) is 78.1 cm³/mol. The number of nitrogens with one attached hydrogen (secondary N) is 1. The molecule has 1 atom stereocenters. The summed E-state index contributed by atoms with van der Waals surface area (Å²) < 4.78 is 13.8. The molecule has 0 amide bonds. The van der Waals surface area contributed by atoms with Gasteiger partial charge in [0.1, 0.15) is 5.82 Å². The van der Waals surface area contributed by atoms with E-state index in [4.69, 9.17) is 5.26 Å². The number of rotatable bonds is 3. The Hall–Kier alpha value is -2.13. The first-order valence-electron chi connectivity index (χ1n) is 7.04. The molecule has 6 heteroatoms. The normalized spacial score (nSPS) is 18.7. The summed E-state index contributed by atoms with van der Waals surface area (Å²) >= 11 is 0. The van der Waals surface area contributed by atoms with Gasteiger partial charge in [-0.15, -0.1) is 0 Å². The largest absolute Gasteiger partial charge is 0.391 e. The summed E-state index contributed by atoms with van der Waals surface area (Å²) in [5.41, 5.74) is 0.749. The van der Waals surface area contributed by atoms with E-state index in [0.29, 0.717) is 30.2 Å². The fourth-order valence-corrected chi connectivity index (χ4v) is 2.27. The van der Waals surface area contributed by atoms with E-state index in [0.717, 1.165) is 13.0 Å². The van der Waals surface area contributed by atoms with Crippen LogP contribution in [0.25, 0.3) is 0 Å². The van der Waals surface area contributed by atoms with E-state index < -0.39 is 5.82 Å². The van der Waals surface area contributed by atoms with Crippen LogP contribution in [0.3, 0.4) is 0 Å². The summed E-state index contributed by atoms with van der Waals surface area (Å²) in [5.74, 6) is 0.257. The van der Waals surface area contributed by atoms with Gasteiger partial charge < -0.3 is 15.3 Å². The van der Waals surface area contributed by atoms with E-state index in [9.17, 15) is 9.50 Å². The van der Waals surface area contributed by atoms with Crippen molar-refractivity contribution in [3.8, 4) is 6.07 Å². The van der Waals surface area contributed by atoms with Crippen molar-refractivity contribution in [3.63, 3.8) is 0 Å². The van der Waals surface area contributed by atoms with Crippen molar-refractivity contribution in [2.24, 2.45) is 4.99 Å². The highest BCUT2D eigenvalue weighted by Crippen LogP contribution is 2.13. The van der Waals surface area contributed by atoms with Gasteiger partial charge in [-0.1, -0.05) is 6.07 Å². The number of aliphatic hydroxyl groups is 1. The van der Waals surface area contributed by atoms with Gasteiger partial charge in [-0.25, -0.2) is 9.38 Å². The molecule has 112 valence electrons. The summed E-state index contributed by atoms with van der Waals surface area (Å²) in [6.45, 7) is 4.16. The van der Waals surface area contributed by atoms with Gasteiger partial charge in [0.15, 0.2) is 5.96 Å². The lowest BCUT2D eigenvalue weighted by molar-refractivity contribution is 0.188. The van der Waals surface area contributed by atoms with Crippen LogP contribution in [0.2, 0.25) is 0 Å². The first-order valence-corrected chi connectivity index (χ1v) is 7.04. The molecule has 1 aliphatic heterocycles. The number of hydrogen-bond acceptors (Lipinski definition) is 3. The molecule has 0 aliphatic carbocycles. The topological polar surface area (TPSA) is 71.7 Å². The molecule has 2 N–H and O–H groups in total. The van der Waals surface area contributed by atoms with Gasteiger partial charge in [-0.2, -0.15) is 5.26 Å². The molecule has 0 bridgehead atoms. The summed E-state index contributed by atoms with van der Waals surface area (Å²) in [6.07, 6.45) is 0.385. The summed E-state index contributed by atoms with van der Waals surface area (Å²) in [5, 5.41) is 21.5. The zero-order valence-electron chi connectivity index (χ0n) is 12.0. The fourth-order valence-electron chi connectivity index (χ4n) is 2.27. The molecule has 2 rings (SSSR count). The molecule has 0 aromatic heterocycles. The van der Waals surface area contributed by atoms with Crippen LogP contribution in [-0.2, 0) is 6.54 Å². The number of nitrogens with zero attached hydrogens (tertiary/aromatic N) is 3. The molecular weight excluding hydrogens is 271 g/mol. The van der Waals surface area contributed by atoms with Crippen LogP contribution in [0.4, 0.5) is 4.39 Å². The van der Waals surface area contributed by atoms with Crippen LogP contribution in [0.1, 0.15) is 24.5 Å². The minimum absolute atomic E-state index is 0.201. The lowest BCUT2D eigenvalue weighted by atomic mass is 10.1. The SMILES string of the molecule is CCNC(=NCc1ccc(C#N)cc1F)N1CC[C@@H](O)C1. The summed E-state index contributed by atoms with van der Waals surface area (Å²) in [7, 11) is 0. The molecule has 0 spiro atoms. The Morgan fingerprint density at radius 1 is 1.62 bits per heavy atom. The number of halogens is 1. The summed E-state index contributed by atoms with van der Waals surface area (Å²) in [4.78, 5) is 6.38. The highest BCUT2D eigenvalue weighted by atomic mass is 19.1. The number of hydrogen-bond donors (Lipinski definition) is 2. The molecule has 0 saturated carbocycles. The van der Waals surface area contributed by atoms with E-state index in [-0.39, 0.29) is 12.6 Å². The van der Waals surface area contributed by atoms with Gasteiger partial charge in [0.2, 0.25) is 0 Å². The molecule has 0 radical (unpaired) electrons. The quantitative estimate of drug-likeness (QED) is 0.649. The van der Waals surface area contributed by atoms with Gasteiger partial charge in [0, 0.05) is 25.2 Å². The third-order valence-corrected chi connectivity index (χ3v) is 3.38. The number of aliphatic hydroxyl groups excluding tert-OH is 1. The Balaban J connectivity index is 2.11. The van der Waals surface area contributed by atoms with E-state index >= 15 is 0 Å². The molecule has 1 aromatic carbocycles. The molecule has 21 heavy (non-hydrogen) atoms. The van der Waals surface area contributed by atoms with Gasteiger partial charge in [-0.05, 0) is 25.5 Å². The third kappa shape index (κ3) is 3.92. The standard InChI is InChI=1S/C15H19FN4O/c1-2-18-15(20-6-5-13(21)10-20)19-9-12-4-3-11(8-17)7-14(12)16/h3-4,7,13,21H,2,5-6,9-10H2,1H3,(H,18,19)/t13-/m1/s1. The minimum atomic E-state index is -0.421. The highest BCUT2D eigenvalue weighted by molar-refractivity contribution is 5.80. The van der Waals surface area contributed by atoms with E-state index in [1.54, 1.807) is 12.1 Å². The third-order valence-electron chi connectivity index (χ3n) is 3.38. The van der Waals surface area contributed by atoms with Crippen molar-refractivity contribution >= 4 is 5.96 Å². The smallest absolute Gasteiger partial charge is 0.194 e. The Labute approximate surface area is 123 Å². The molecular formula is C15H19FN4O. The van der Waals surface area contributed by atoms with Crippen LogP contribution in [0, 0.1) is 17.1 Å². The highest BCUT2D eigenvalue weighted by Gasteiger charge is 2.22. The van der Waals surface area contributed by atoms with Crippen LogP contribution in [0.5, 0.6) is 0 Å². The van der Waals surface area contributed by atoms with Crippen LogP contribution in [-0.4, -0.2) is 41.7 Å². The van der Waals surface area contributed by atoms with E-state index in [1.807, 2.05) is 17.9 Å². The van der Waals surface area contributed by atoms with Gasteiger partial charge in [-0.3, -0.25) is 0 Å². The average Bonchev–Trinajstić information content (AvgIpc) is 2.91. The first kappa shape index (κ1) is 15.3. The van der Waals surface area contributed by atoms with Gasteiger partial charge in [0.25, 0.3) is 0 Å². The van der Waals surface area contributed by atoms with Gasteiger partial charge in [0.05, 0.1) is 24.3 Å². The molecule has 1 aliphatic rings. The van der Waals surface area contributed by atoms with E-state index in [2.05, 4.69) is 10.3 Å². The Morgan fingerprint density at radius 2 is 2.43 bits per heavy atom. The number of β-amino-alcohol motifs (C(OH)–C–C–N with tert-alkyl or cyclic N) is 1. The molecule has 1 aromatic rings. The number of likely N-dealkylation sites (tertiary alicyclic amines) is 1. The predicted octanol–water partition coefficient (Wildman–Crippen LogP) is 1.23. The Kier molecular flexibility index (Phi) is 5.12. The lowest BCUT2D eigenvalue weighted by Crippen LogP contribution is -2.40. The molecule has 5 nitrogen and oxygen atoms in total. The van der Waals surface area contributed by atoms with Crippen LogP contribution in [0.15, 0.2) is 23.2 Å². The van der Waals surface area contributed by atoms with Crippen molar-refractivity contribution in [2.45, 2.75) is 26.0 Å². The monoisotopic (exact) mass is 290 g/mol. The van der Waals surface area contributed by atoms with Crippen molar-refractivity contribution in [3.05, 3.63) is 35.1 Å². The first-order chi connectivity index (χ1) is 10.1. The minimum Gasteiger partial charge on any atom is -0.391 e. The fraction of sp³-hybridized carbons (Fsp3) is 0.467. The van der Waals surface area contributed by atoms with Crippen molar-refractivity contribution in [1.82, 2.24) is 10.2 Å². The van der Waals surface area contributed by atoms with Crippen molar-refractivity contribution in [1.29, 1.82) is 5.26 Å². The molecule has 1 heterocycles. The van der Waals surface area contributed by atoms with Gasteiger partial charge >= 0.3 is 0 Å². The molecule has 0 unspecified atom stereocenters. The number of aliphatic imine (C=N–C) groups is 1. The van der Waals surface area contributed by atoms with Crippen molar-refractivity contribution in [2.75, 3.05) is 19.6 Å². The Bertz CT molecular complexity index is 567. The van der Waals surface area contributed by atoms with Crippen LogP contribution >= 0.6 is 0 Å². The second kappa shape index (κ2) is 7.04. The zero-order valence-corrected chi connectivity index (χ0v) is 12.0. The maximum absolute atomic E-state index is 13.8. The lowest BCUT2D eigenvalue weighted by Gasteiger charge is -2.21. The van der Waals surface area contributed by atoms with E-state index in [1.165, 1.54) is 6.07 Å². The van der Waals surface area contributed by atoms with Crippen LogP contribution < -0.4 is 5.32 Å². The second-order valence-corrected chi connectivity index (χ2v) is 4.98. The van der Waals surface area contributed by atoms with Crippen molar-refractivity contribution < 1.29 is 9.50 Å². The number of guanidine groups is 1. The Morgan fingerprint density at radius 3 is 3.00 bits per heavy atom.